The number of nitrogens with one attached hydrogen (secondary N) is 2. The number of ether oxygens (including phenoxy) is 1. The molecule has 0 radical (unpaired) electrons. The molecule has 1 aliphatic rings. The molecule has 31 heavy (non-hydrogen) atoms. The Hall–Kier alpha value is -3.00. The minimum Gasteiger partial charge on any atom is -0.489 e. The first-order valence-electron chi connectivity index (χ1n) is 10.0. The van der Waals surface area contributed by atoms with E-state index >= 15 is 0 Å². The number of hydrogen-bond donors (Lipinski definition) is 2. The number of urea groups is 2. The number of hydrogen-bond acceptors (Lipinski definition) is 4. The van der Waals surface area contributed by atoms with Gasteiger partial charge in [-0.2, -0.15) is 0 Å². The molecule has 1 heterocycles. The van der Waals surface area contributed by atoms with E-state index in [4.69, 9.17) is 16.3 Å². The average molecular weight is 449 g/mol. The highest BCUT2D eigenvalue weighted by atomic mass is 35.5. The van der Waals surface area contributed by atoms with Crippen LogP contribution in [0.2, 0.25) is 5.02 Å². The van der Waals surface area contributed by atoms with Gasteiger partial charge < -0.3 is 10.1 Å². The van der Waals surface area contributed by atoms with E-state index in [0.717, 1.165) is 10.5 Å². The van der Waals surface area contributed by atoms with Crippen LogP contribution in [0.5, 0.6) is 5.75 Å². The summed E-state index contributed by atoms with van der Waals surface area (Å²) in [5.41, 5.74) is 1.32. The van der Waals surface area contributed by atoms with Crippen molar-refractivity contribution in [3.05, 3.63) is 58.9 Å². The summed E-state index contributed by atoms with van der Waals surface area (Å²) in [6.07, 6.45) is -0.854. The highest BCUT2D eigenvalue weighted by Crippen LogP contribution is 2.29. The first-order valence-corrected chi connectivity index (χ1v) is 10.4. The molecule has 1 aliphatic heterocycles. The zero-order valence-corrected chi connectivity index (χ0v) is 18.6. The van der Waals surface area contributed by atoms with Gasteiger partial charge in [0, 0.05) is 11.7 Å². The molecule has 0 saturated carbocycles. The second-order valence-corrected chi connectivity index (χ2v) is 8.22. The zero-order chi connectivity index (χ0) is 22.7. The number of halogens is 2. The molecule has 1 fully saturated rings. The van der Waals surface area contributed by atoms with Gasteiger partial charge in [0.25, 0.3) is 0 Å². The lowest BCUT2D eigenvalue weighted by Crippen LogP contribution is -2.68. The van der Waals surface area contributed by atoms with Crippen LogP contribution in [0.15, 0.2) is 42.5 Å². The number of imide groups is 1. The van der Waals surface area contributed by atoms with Crippen molar-refractivity contribution in [1.82, 2.24) is 15.1 Å². The number of carbonyl (C=O) groups excluding carboxylic acids is 2. The number of nitrogens with zero attached hydrogens (tertiary/aromatic N) is 2. The van der Waals surface area contributed by atoms with Crippen LogP contribution in [-0.2, 0) is 6.54 Å². The summed E-state index contributed by atoms with van der Waals surface area (Å²) in [6.45, 7) is 7.49. The summed E-state index contributed by atoms with van der Waals surface area (Å²) >= 11 is 6.32. The van der Waals surface area contributed by atoms with Gasteiger partial charge >= 0.3 is 12.1 Å². The van der Waals surface area contributed by atoms with Gasteiger partial charge in [-0.25, -0.2) is 18.9 Å². The van der Waals surface area contributed by atoms with Crippen LogP contribution >= 0.6 is 11.6 Å². The van der Waals surface area contributed by atoms with Gasteiger partial charge in [0.05, 0.1) is 17.7 Å². The molecule has 9 heteroatoms. The molecule has 0 spiro atoms. The van der Waals surface area contributed by atoms with Crippen molar-refractivity contribution in [1.29, 1.82) is 0 Å². The normalized spacial score (nSPS) is 16.7. The van der Waals surface area contributed by atoms with Crippen LogP contribution in [0.1, 0.15) is 33.3 Å². The molecule has 0 bridgehead atoms. The lowest BCUT2D eigenvalue weighted by atomic mass is 10.2. The molecule has 0 aliphatic carbocycles. The summed E-state index contributed by atoms with van der Waals surface area (Å²) in [6, 6.07) is 9.73. The zero-order valence-electron chi connectivity index (χ0n) is 17.9. The van der Waals surface area contributed by atoms with Gasteiger partial charge in [0.2, 0.25) is 0 Å². The molecule has 2 N–H and O–H groups in total. The molecule has 1 saturated heterocycles. The summed E-state index contributed by atoms with van der Waals surface area (Å²) < 4.78 is 18.9. The summed E-state index contributed by atoms with van der Waals surface area (Å²) in [5.74, 6) is 0.180. The minimum atomic E-state index is -0.826. The van der Waals surface area contributed by atoms with E-state index in [1.54, 1.807) is 44.2 Å². The van der Waals surface area contributed by atoms with Crippen molar-refractivity contribution in [3.63, 3.8) is 0 Å². The third-order valence-electron chi connectivity index (χ3n) is 4.62. The maximum atomic E-state index is 13.3. The maximum absolute atomic E-state index is 13.3. The number of rotatable bonds is 7. The largest absolute Gasteiger partial charge is 0.489 e. The lowest BCUT2D eigenvalue weighted by molar-refractivity contribution is 0.0975. The monoisotopic (exact) mass is 448 g/mol. The second-order valence-electron chi connectivity index (χ2n) is 7.81. The molecule has 166 valence electrons. The highest BCUT2D eigenvalue weighted by molar-refractivity contribution is 6.32. The number of carbonyl (C=O) groups is 2. The average Bonchev–Trinajstić information content (AvgIpc) is 2.68. The predicted octanol–water partition coefficient (Wildman–Crippen LogP) is 5.02. The van der Waals surface area contributed by atoms with Crippen LogP contribution in [0.4, 0.5) is 19.7 Å². The SMILES string of the molecule is CC(C)Oc1ccc(NC2NC(=O)N(C(C)C)C(=O)N2Cc2ccc(F)cc2)cc1Cl. The Balaban J connectivity index is 1.86. The van der Waals surface area contributed by atoms with Crippen molar-refractivity contribution in [2.24, 2.45) is 0 Å². The molecule has 7 nitrogen and oxygen atoms in total. The van der Waals surface area contributed by atoms with E-state index in [2.05, 4.69) is 10.6 Å². The van der Waals surface area contributed by atoms with Crippen LogP contribution in [0, 0.1) is 5.82 Å². The predicted molar refractivity (Wildman–Crippen MR) is 117 cm³/mol. The van der Waals surface area contributed by atoms with E-state index in [-0.39, 0.29) is 24.5 Å². The maximum Gasteiger partial charge on any atom is 0.331 e. The third kappa shape index (κ3) is 5.38. The fourth-order valence-electron chi connectivity index (χ4n) is 3.21. The Morgan fingerprint density at radius 2 is 1.81 bits per heavy atom. The van der Waals surface area contributed by atoms with Crippen molar-refractivity contribution in [2.45, 2.75) is 52.7 Å². The van der Waals surface area contributed by atoms with Crippen molar-refractivity contribution in [3.8, 4) is 5.75 Å². The van der Waals surface area contributed by atoms with Crippen molar-refractivity contribution in [2.75, 3.05) is 5.32 Å². The van der Waals surface area contributed by atoms with Crippen molar-refractivity contribution < 1.29 is 18.7 Å². The summed E-state index contributed by atoms with van der Waals surface area (Å²) in [7, 11) is 0. The topological polar surface area (TPSA) is 73.9 Å². The van der Waals surface area contributed by atoms with Gasteiger partial charge in [-0.3, -0.25) is 10.2 Å². The minimum absolute atomic E-state index is 0.0280. The third-order valence-corrected chi connectivity index (χ3v) is 4.92. The highest BCUT2D eigenvalue weighted by Gasteiger charge is 2.39. The number of amides is 4. The second kappa shape index (κ2) is 9.43. The molecule has 4 amide bonds. The van der Waals surface area contributed by atoms with Crippen LogP contribution in [0.25, 0.3) is 0 Å². The van der Waals surface area contributed by atoms with Crippen LogP contribution in [-0.4, -0.2) is 40.3 Å². The van der Waals surface area contributed by atoms with E-state index in [1.165, 1.54) is 17.0 Å². The van der Waals surface area contributed by atoms with Gasteiger partial charge in [-0.05, 0) is 63.6 Å². The fraction of sp³-hybridized carbons (Fsp3) is 0.364. The van der Waals surface area contributed by atoms with E-state index in [1.807, 2.05) is 13.8 Å². The van der Waals surface area contributed by atoms with Gasteiger partial charge in [-0.1, -0.05) is 23.7 Å². The number of anilines is 1. The van der Waals surface area contributed by atoms with E-state index in [0.29, 0.717) is 16.5 Å². The summed E-state index contributed by atoms with van der Waals surface area (Å²) in [4.78, 5) is 28.3. The molecule has 1 unspecified atom stereocenters. The lowest BCUT2D eigenvalue weighted by Gasteiger charge is -2.42. The molecule has 2 aromatic rings. The Bertz CT molecular complexity index is 952. The molecule has 2 aromatic carbocycles. The Morgan fingerprint density at radius 1 is 1.13 bits per heavy atom. The Labute approximate surface area is 186 Å². The van der Waals surface area contributed by atoms with Crippen LogP contribution < -0.4 is 15.4 Å². The molecule has 1 atom stereocenters. The number of benzene rings is 2. The van der Waals surface area contributed by atoms with Gasteiger partial charge in [-0.15, -0.1) is 0 Å². The van der Waals surface area contributed by atoms with Gasteiger partial charge in [0.1, 0.15) is 11.6 Å². The molecular weight excluding hydrogens is 423 g/mol. The standard InChI is InChI=1S/C22H26ClFN4O3/c1-13(2)28-21(29)26-20(25-17-9-10-19(18(23)11-17)31-14(3)4)27(22(28)30)12-15-5-7-16(24)8-6-15/h5-11,13-14,20,25H,12H2,1-4H3,(H,26,29). The Kier molecular flexibility index (Phi) is 6.90. The van der Waals surface area contributed by atoms with Crippen LogP contribution in [0.3, 0.4) is 0 Å². The molecule has 0 aromatic heterocycles. The van der Waals surface area contributed by atoms with Gasteiger partial charge in [0.15, 0.2) is 6.29 Å². The first-order chi connectivity index (χ1) is 14.7. The smallest absolute Gasteiger partial charge is 0.331 e. The first kappa shape index (κ1) is 22.7. The summed E-state index contributed by atoms with van der Waals surface area (Å²) in [5, 5.41) is 6.35. The van der Waals surface area contributed by atoms with E-state index < -0.39 is 18.4 Å². The molecule has 3 rings (SSSR count). The van der Waals surface area contributed by atoms with E-state index in [9.17, 15) is 14.0 Å². The Morgan fingerprint density at radius 3 is 2.39 bits per heavy atom. The fourth-order valence-corrected chi connectivity index (χ4v) is 3.44. The van der Waals surface area contributed by atoms with Crippen molar-refractivity contribution >= 4 is 29.4 Å². The quantitative estimate of drug-likeness (QED) is 0.623. The molecular formula is C22H26ClFN4O3.